The molecule has 2 aromatic rings. The number of hydrogen-bond donors (Lipinski definition) is 2. The summed E-state index contributed by atoms with van der Waals surface area (Å²) in [6.45, 7) is 0. The lowest BCUT2D eigenvalue weighted by molar-refractivity contribution is 0.477. The van der Waals surface area contributed by atoms with Crippen molar-refractivity contribution in [3.63, 3.8) is 0 Å². The van der Waals surface area contributed by atoms with Crippen molar-refractivity contribution in [3.05, 3.63) is 18.5 Å². The molecule has 1 heterocycles. The number of rotatable bonds is 0. The average Bonchev–Trinajstić information content (AvgIpc) is 2.36. The first-order chi connectivity index (χ1) is 5.27. The van der Waals surface area contributed by atoms with Gasteiger partial charge in [-0.1, -0.05) is 0 Å². The number of fused-ring (bicyclic) bond motifs is 1. The second-order valence-electron chi connectivity index (χ2n) is 2.23. The maximum Gasteiger partial charge on any atom is 0.181 e. The first kappa shape index (κ1) is 6.03. The van der Waals surface area contributed by atoms with Crippen molar-refractivity contribution in [2.24, 2.45) is 0 Å². The monoisotopic (exact) mass is 150 g/mol. The molecule has 0 radical (unpaired) electrons. The number of anilines is 1. The average molecular weight is 150 g/mol. The quantitative estimate of drug-likeness (QED) is 0.436. The molecule has 4 heteroatoms. The molecule has 0 aliphatic rings. The lowest BCUT2D eigenvalue weighted by atomic mass is 10.3. The number of benzene rings is 1. The van der Waals surface area contributed by atoms with Gasteiger partial charge >= 0.3 is 0 Å². The van der Waals surface area contributed by atoms with Gasteiger partial charge in [-0.25, -0.2) is 4.98 Å². The summed E-state index contributed by atoms with van der Waals surface area (Å²) in [6.07, 6.45) is 1.31. The number of nitrogen functional groups attached to an aromatic ring is 1. The first-order valence-corrected chi connectivity index (χ1v) is 3.09. The predicted molar refractivity (Wildman–Crippen MR) is 40.1 cm³/mol. The van der Waals surface area contributed by atoms with Crippen molar-refractivity contribution in [1.82, 2.24) is 4.98 Å². The minimum atomic E-state index is 0.0225. The zero-order valence-electron chi connectivity index (χ0n) is 5.61. The zero-order chi connectivity index (χ0) is 7.84. The van der Waals surface area contributed by atoms with Gasteiger partial charge in [-0.05, 0) is 6.07 Å². The molecular weight excluding hydrogens is 144 g/mol. The van der Waals surface area contributed by atoms with E-state index in [1.54, 1.807) is 6.07 Å². The van der Waals surface area contributed by atoms with Gasteiger partial charge in [0.05, 0.1) is 5.69 Å². The Kier molecular flexibility index (Phi) is 1.03. The van der Waals surface area contributed by atoms with Crippen molar-refractivity contribution in [3.8, 4) is 5.75 Å². The van der Waals surface area contributed by atoms with E-state index in [4.69, 9.17) is 15.3 Å². The number of phenols is 1. The minimum absolute atomic E-state index is 0.0225. The largest absolute Gasteiger partial charge is 0.506 e. The van der Waals surface area contributed by atoms with Gasteiger partial charge in [-0.15, -0.1) is 0 Å². The van der Waals surface area contributed by atoms with Crippen molar-refractivity contribution < 1.29 is 9.52 Å². The van der Waals surface area contributed by atoms with Crippen LogP contribution in [0.2, 0.25) is 0 Å². The summed E-state index contributed by atoms with van der Waals surface area (Å²) >= 11 is 0. The van der Waals surface area contributed by atoms with Crippen molar-refractivity contribution >= 4 is 16.8 Å². The molecule has 0 atom stereocenters. The fraction of sp³-hybridized carbons (Fsp3) is 0. The molecule has 3 N–H and O–H groups in total. The Morgan fingerprint density at radius 1 is 1.45 bits per heavy atom. The lowest BCUT2D eigenvalue weighted by Crippen LogP contribution is -1.84. The van der Waals surface area contributed by atoms with Crippen LogP contribution >= 0.6 is 0 Å². The van der Waals surface area contributed by atoms with E-state index < -0.39 is 0 Å². The van der Waals surface area contributed by atoms with Gasteiger partial charge in [0.25, 0.3) is 0 Å². The first-order valence-electron chi connectivity index (χ1n) is 3.09. The Labute approximate surface area is 62.3 Å². The van der Waals surface area contributed by atoms with Gasteiger partial charge in [0.1, 0.15) is 11.3 Å². The number of hydrogen-bond acceptors (Lipinski definition) is 4. The molecule has 0 aliphatic heterocycles. The van der Waals surface area contributed by atoms with Crippen LogP contribution in [0.4, 0.5) is 5.69 Å². The number of nitrogens with zero attached hydrogens (tertiary/aromatic N) is 1. The molecule has 56 valence electrons. The predicted octanol–water partition coefficient (Wildman–Crippen LogP) is 1.12. The molecule has 1 aromatic carbocycles. The van der Waals surface area contributed by atoms with Gasteiger partial charge < -0.3 is 15.3 Å². The molecule has 0 unspecified atom stereocenters. The summed E-state index contributed by atoms with van der Waals surface area (Å²) in [5, 5.41) is 9.12. The van der Waals surface area contributed by atoms with E-state index in [-0.39, 0.29) is 5.75 Å². The van der Waals surface area contributed by atoms with Crippen LogP contribution in [-0.4, -0.2) is 10.1 Å². The highest BCUT2D eigenvalue weighted by Gasteiger charge is 2.02. The molecular formula is C7H6N2O2. The van der Waals surface area contributed by atoms with Crippen LogP contribution in [0, 0.1) is 0 Å². The van der Waals surface area contributed by atoms with Crippen LogP contribution in [0.3, 0.4) is 0 Å². The highest BCUT2D eigenvalue weighted by molar-refractivity contribution is 5.79. The summed E-state index contributed by atoms with van der Waals surface area (Å²) in [6, 6.07) is 3.01. The van der Waals surface area contributed by atoms with Crippen LogP contribution in [0.15, 0.2) is 22.9 Å². The van der Waals surface area contributed by atoms with Crippen LogP contribution < -0.4 is 5.73 Å². The number of aromatic nitrogens is 1. The van der Waals surface area contributed by atoms with Gasteiger partial charge in [0, 0.05) is 6.07 Å². The molecule has 11 heavy (non-hydrogen) atoms. The smallest absolute Gasteiger partial charge is 0.181 e. The molecule has 0 amide bonds. The summed E-state index contributed by atoms with van der Waals surface area (Å²) < 4.78 is 4.93. The van der Waals surface area contributed by atoms with E-state index in [0.29, 0.717) is 16.8 Å². The summed E-state index contributed by atoms with van der Waals surface area (Å²) in [4.78, 5) is 3.86. The number of oxazole rings is 1. The lowest BCUT2D eigenvalue weighted by Gasteiger charge is -1.95. The maximum absolute atomic E-state index is 9.12. The number of phenolic OH excluding ortho intramolecular Hbond substituents is 1. The topological polar surface area (TPSA) is 72.3 Å². The summed E-state index contributed by atoms with van der Waals surface area (Å²) in [5.74, 6) is 0.0225. The molecule has 0 spiro atoms. The van der Waals surface area contributed by atoms with Gasteiger partial charge in [-0.3, -0.25) is 0 Å². The van der Waals surface area contributed by atoms with Crippen LogP contribution in [0.5, 0.6) is 5.75 Å². The van der Waals surface area contributed by atoms with E-state index in [2.05, 4.69) is 4.98 Å². The van der Waals surface area contributed by atoms with Crippen molar-refractivity contribution in [2.45, 2.75) is 0 Å². The molecule has 1 aromatic heterocycles. The molecule has 2 rings (SSSR count). The third-order valence-electron chi connectivity index (χ3n) is 1.48. The van der Waals surface area contributed by atoms with E-state index >= 15 is 0 Å². The SMILES string of the molecule is Nc1cc2ncoc2cc1O. The van der Waals surface area contributed by atoms with Crippen molar-refractivity contribution in [2.75, 3.05) is 5.73 Å². The van der Waals surface area contributed by atoms with E-state index in [1.165, 1.54) is 12.5 Å². The summed E-state index contributed by atoms with van der Waals surface area (Å²) in [5.41, 5.74) is 6.92. The third-order valence-corrected chi connectivity index (χ3v) is 1.48. The molecule has 0 saturated heterocycles. The van der Waals surface area contributed by atoms with Gasteiger partial charge in [0.2, 0.25) is 0 Å². The van der Waals surface area contributed by atoms with Gasteiger partial charge in [-0.2, -0.15) is 0 Å². The van der Waals surface area contributed by atoms with Crippen LogP contribution in [0.25, 0.3) is 11.1 Å². The number of nitrogens with two attached hydrogens (primary N) is 1. The van der Waals surface area contributed by atoms with Gasteiger partial charge in [0.15, 0.2) is 12.0 Å². The standard InChI is InChI=1S/C7H6N2O2/c8-4-1-5-7(2-6(4)10)11-3-9-5/h1-3,10H,8H2. The molecule has 0 bridgehead atoms. The molecule has 4 nitrogen and oxygen atoms in total. The molecule has 0 aliphatic carbocycles. The second kappa shape index (κ2) is 1.88. The van der Waals surface area contributed by atoms with Crippen molar-refractivity contribution in [1.29, 1.82) is 0 Å². The highest BCUT2D eigenvalue weighted by Crippen LogP contribution is 2.25. The van der Waals surface area contributed by atoms with E-state index in [9.17, 15) is 0 Å². The second-order valence-corrected chi connectivity index (χ2v) is 2.23. The maximum atomic E-state index is 9.12. The Hall–Kier alpha value is -1.71. The Balaban J connectivity index is 2.86. The Morgan fingerprint density at radius 3 is 3.09 bits per heavy atom. The normalized spacial score (nSPS) is 10.5. The summed E-state index contributed by atoms with van der Waals surface area (Å²) in [7, 11) is 0. The Morgan fingerprint density at radius 2 is 2.27 bits per heavy atom. The minimum Gasteiger partial charge on any atom is -0.506 e. The fourth-order valence-corrected chi connectivity index (χ4v) is 0.909. The Bertz CT molecular complexity index is 358. The molecule has 0 saturated carbocycles. The van der Waals surface area contributed by atoms with Crippen LogP contribution in [-0.2, 0) is 0 Å². The highest BCUT2D eigenvalue weighted by atomic mass is 16.3. The zero-order valence-corrected chi connectivity index (χ0v) is 5.61. The fourth-order valence-electron chi connectivity index (χ4n) is 0.909. The van der Waals surface area contributed by atoms with E-state index in [1.807, 2.05) is 0 Å². The third kappa shape index (κ3) is 0.797. The van der Waals surface area contributed by atoms with Crippen LogP contribution in [0.1, 0.15) is 0 Å². The van der Waals surface area contributed by atoms with E-state index in [0.717, 1.165) is 0 Å². The number of aromatic hydroxyl groups is 1. The molecule has 0 fully saturated rings.